The lowest BCUT2D eigenvalue weighted by molar-refractivity contribution is -0.238. The molecule has 27 heavy (non-hydrogen) atoms. The highest BCUT2D eigenvalue weighted by atomic mass is 31.1. The van der Waals surface area contributed by atoms with Crippen LogP contribution in [0.4, 0.5) is 0 Å². The van der Waals surface area contributed by atoms with Gasteiger partial charge in [0.2, 0.25) is 5.34 Å². The van der Waals surface area contributed by atoms with Crippen LogP contribution in [0.15, 0.2) is 24.3 Å². The number of aromatic carboxylic acids is 1. The summed E-state index contributed by atoms with van der Waals surface area (Å²) in [6.45, 7) is 4.71. The molecule has 3 N–H and O–H groups in total. The fourth-order valence-corrected chi connectivity index (χ4v) is 3.46. The fraction of sp³-hybridized carbons (Fsp3) is 0.611. The summed E-state index contributed by atoms with van der Waals surface area (Å²) in [6, 6.07) is 6.65. The van der Waals surface area contributed by atoms with E-state index in [-0.39, 0.29) is 18.2 Å². The molecule has 0 saturated carbocycles. The zero-order valence-corrected chi connectivity index (χ0v) is 16.4. The number of hydrogen-bond acceptors (Lipinski definition) is 7. The summed E-state index contributed by atoms with van der Waals surface area (Å²) in [5.41, 5.74) is 1.21. The Hall–Kier alpha value is -1.41. The van der Waals surface area contributed by atoms with Gasteiger partial charge in [-0.1, -0.05) is 12.1 Å². The quantitative estimate of drug-likeness (QED) is 0.402. The van der Waals surface area contributed by atoms with Gasteiger partial charge < -0.3 is 29.7 Å². The Kier molecular flexibility index (Phi) is 8.28. The minimum atomic E-state index is -1.81. The van der Waals surface area contributed by atoms with Crippen molar-refractivity contribution in [1.29, 1.82) is 0 Å². The summed E-state index contributed by atoms with van der Waals surface area (Å²) in [7, 11) is -0.530. The summed E-state index contributed by atoms with van der Waals surface area (Å²) < 4.78 is 28.3. The monoisotopic (exact) mass is 399 g/mol. The predicted molar refractivity (Wildman–Crippen MR) is 98.2 cm³/mol. The third-order valence-electron chi connectivity index (χ3n) is 4.38. The van der Waals surface area contributed by atoms with Crippen molar-refractivity contribution in [3.05, 3.63) is 35.4 Å². The molecule has 8 nitrogen and oxygen atoms in total. The van der Waals surface area contributed by atoms with Gasteiger partial charge in [0.05, 0.1) is 12.2 Å². The van der Waals surface area contributed by atoms with Crippen molar-refractivity contribution < 1.29 is 33.8 Å². The Bertz CT molecular complexity index is 613. The van der Waals surface area contributed by atoms with E-state index >= 15 is 0 Å². The number of rotatable bonds is 10. The van der Waals surface area contributed by atoms with Gasteiger partial charge in [0, 0.05) is 25.8 Å². The van der Waals surface area contributed by atoms with Gasteiger partial charge in [-0.2, -0.15) is 0 Å². The smallest absolute Gasteiger partial charge is 0.335 e. The second kappa shape index (κ2) is 10.2. The zero-order valence-electron chi connectivity index (χ0n) is 15.5. The highest BCUT2D eigenvalue weighted by Gasteiger charge is 2.49. The topological polar surface area (TPSA) is 114 Å². The van der Waals surface area contributed by atoms with Crippen LogP contribution >= 0.6 is 8.46 Å². The molecule has 0 aromatic heterocycles. The van der Waals surface area contributed by atoms with Crippen LogP contribution in [0.5, 0.6) is 0 Å². The molecule has 2 rings (SSSR count). The van der Waals surface area contributed by atoms with Gasteiger partial charge in [-0.15, -0.1) is 0 Å². The number of carboxylic acid groups (broad SMARTS) is 1. The molecule has 0 radical (unpaired) electrons. The van der Waals surface area contributed by atoms with Crippen molar-refractivity contribution in [2.45, 2.75) is 44.0 Å². The number of nitrogens with one attached hydrogen (secondary N) is 1. The van der Waals surface area contributed by atoms with E-state index in [2.05, 4.69) is 5.32 Å². The number of carbonyl (C=O) groups is 1. The maximum Gasteiger partial charge on any atom is 0.335 e. The maximum atomic E-state index is 11.7. The molecule has 3 atom stereocenters. The van der Waals surface area contributed by atoms with E-state index in [0.717, 1.165) is 5.56 Å². The van der Waals surface area contributed by atoms with Gasteiger partial charge in [-0.05, 0) is 38.0 Å². The van der Waals surface area contributed by atoms with Crippen LogP contribution < -0.4 is 5.32 Å². The molecule has 1 aliphatic heterocycles. The SMILES string of the molecule is CCOC(OCC)C(O)(P=O)[C@H]1CN[C@H](Cc2ccc(C(=O)O)cc2)CO1. The van der Waals surface area contributed by atoms with Crippen molar-refractivity contribution >= 4 is 14.4 Å². The molecule has 0 spiro atoms. The highest BCUT2D eigenvalue weighted by Crippen LogP contribution is 2.34. The van der Waals surface area contributed by atoms with Crippen LogP contribution in [0.3, 0.4) is 0 Å². The largest absolute Gasteiger partial charge is 0.478 e. The van der Waals surface area contributed by atoms with E-state index in [0.29, 0.717) is 26.2 Å². The van der Waals surface area contributed by atoms with Crippen LogP contribution in [0.2, 0.25) is 0 Å². The van der Waals surface area contributed by atoms with E-state index in [4.69, 9.17) is 19.3 Å². The Balaban J connectivity index is 1.96. The lowest BCUT2D eigenvalue weighted by Gasteiger charge is -2.40. The molecular weight excluding hydrogens is 373 g/mol. The molecule has 1 aromatic rings. The molecule has 0 bridgehead atoms. The third-order valence-corrected chi connectivity index (χ3v) is 5.17. The van der Waals surface area contributed by atoms with E-state index < -0.39 is 32.2 Å². The van der Waals surface area contributed by atoms with Crippen LogP contribution in [0.1, 0.15) is 29.8 Å². The van der Waals surface area contributed by atoms with E-state index in [1.54, 1.807) is 38.1 Å². The molecule has 1 unspecified atom stereocenters. The van der Waals surface area contributed by atoms with Gasteiger partial charge in [0.25, 0.3) is 0 Å². The normalized spacial score (nSPS) is 22.7. The standard InChI is InChI=1S/C18H26NO7P/c1-3-24-17(25-4-2)18(22,27-23)15-10-19-14(11-26-15)9-12-5-7-13(8-6-12)16(20)21/h5-8,14-15,17,19,22H,3-4,9-11H2,1-2H3,(H,20,21)/t14-,15-,18?/m1/s1. The number of hydrogen-bond donors (Lipinski definition) is 3. The first-order valence-electron chi connectivity index (χ1n) is 8.91. The highest BCUT2D eigenvalue weighted by molar-refractivity contribution is 7.25. The second-order valence-electron chi connectivity index (χ2n) is 6.25. The fourth-order valence-electron chi connectivity index (χ4n) is 2.95. The van der Waals surface area contributed by atoms with Gasteiger partial charge >= 0.3 is 5.97 Å². The van der Waals surface area contributed by atoms with Crippen molar-refractivity contribution in [3.8, 4) is 0 Å². The van der Waals surface area contributed by atoms with Crippen molar-refractivity contribution in [2.75, 3.05) is 26.4 Å². The van der Waals surface area contributed by atoms with Crippen molar-refractivity contribution in [3.63, 3.8) is 0 Å². The molecule has 0 aliphatic carbocycles. The van der Waals surface area contributed by atoms with E-state index in [1.807, 2.05) is 0 Å². The minimum absolute atomic E-state index is 0.0119. The molecule has 1 saturated heterocycles. The van der Waals surface area contributed by atoms with E-state index in [1.165, 1.54) is 0 Å². The number of benzene rings is 1. The molecule has 9 heteroatoms. The van der Waals surface area contributed by atoms with Crippen LogP contribution in [0, 0.1) is 0 Å². The van der Waals surface area contributed by atoms with Gasteiger partial charge in [0.1, 0.15) is 6.10 Å². The summed E-state index contributed by atoms with van der Waals surface area (Å²) >= 11 is 0. The zero-order chi connectivity index (χ0) is 19.9. The van der Waals surface area contributed by atoms with Gasteiger partial charge in [-0.3, -0.25) is 4.57 Å². The molecule has 1 aliphatic rings. The van der Waals surface area contributed by atoms with Crippen LogP contribution in [-0.2, 0) is 25.2 Å². The average Bonchev–Trinajstić information content (AvgIpc) is 2.68. The number of aliphatic hydroxyl groups is 1. The van der Waals surface area contributed by atoms with Gasteiger partial charge in [-0.25, -0.2) is 4.79 Å². The first-order valence-corrected chi connectivity index (χ1v) is 9.73. The second-order valence-corrected chi connectivity index (χ2v) is 7.15. The third kappa shape index (κ3) is 5.54. The molecule has 1 aromatic carbocycles. The molecule has 1 fully saturated rings. The first-order chi connectivity index (χ1) is 12.9. The summed E-state index contributed by atoms with van der Waals surface area (Å²) in [6.07, 6.45) is -1.18. The summed E-state index contributed by atoms with van der Waals surface area (Å²) in [5, 5.41) is 21.2. The number of carboxylic acids is 1. The maximum absolute atomic E-state index is 11.7. The average molecular weight is 399 g/mol. The van der Waals surface area contributed by atoms with Crippen molar-refractivity contribution in [2.24, 2.45) is 0 Å². The first kappa shape index (κ1) is 21.9. The van der Waals surface area contributed by atoms with Crippen LogP contribution in [0.25, 0.3) is 0 Å². The molecule has 0 amide bonds. The lowest BCUT2D eigenvalue weighted by atomic mass is 10.0. The lowest BCUT2D eigenvalue weighted by Crippen LogP contribution is -2.60. The Labute approximate surface area is 160 Å². The number of morpholine rings is 1. The summed E-state index contributed by atoms with van der Waals surface area (Å²) in [4.78, 5) is 10.9. The molecule has 150 valence electrons. The minimum Gasteiger partial charge on any atom is -0.478 e. The predicted octanol–water partition coefficient (Wildman–Crippen LogP) is 1.66. The van der Waals surface area contributed by atoms with Gasteiger partial charge in [0.15, 0.2) is 14.8 Å². The Morgan fingerprint density at radius 3 is 2.41 bits per heavy atom. The molecular formula is C18H26NO7P. The molecule has 1 heterocycles. The number of ether oxygens (including phenoxy) is 3. The Morgan fingerprint density at radius 1 is 1.33 bits per heavy atom. The van der Waals surface area contributed by atoms with Crippen LogP contribution in [-0.4, -0.2) is 66.3 Å². The summed E-state index contributed by atoms with van der Waals surface area (Å²) in [5.74, 6) is -0.960. The van der Waals surface area contributed by atoms with Crippen molar-refractivity contribution in [1.82, 2.24) is 5.32 Å². The Morgan fingerprint density at radius 2 is 1.96 bits per heavy atom. The van der Waals surface area contributed by atoms with E-state index in [9.17, 15) is 14.5 Å².